The van der Waals surface area contributed by atoms with Crippen LogP contribution in [0.25, 0.3) is 16.9 Å². The van der Waals surface area contributed by atoms with Crippen molar-refractivity contribution in [2.24, 2.45) is 0 Å². The molecule has 0 amide bonds. The maximum absolute atomic E-state index is 13.4. The van der Waals surface area contributed by atoms with Crippen molar-refractivity contribution in [3.8, 4) is 22.7 Å². The van der Waals surface area contributed by atoms with Gasteiger partial charge in [0.05, 0.1) is 11.4 Å². The zero-order valence-electron chi connectivity index (χ0n) is 10.7. The number of halogens is 2. The van der Waals surface area contributed by atoms with Gasteiger partial charge in [0.25, 0.3) is 5.56 Å². The fourth-order valence-corrected chi connectivity index (χ4v) is 2.26. The first kappa shape index (κ1) is 13.5. The van der Waals surface area contributed by atoms with Crippen molar-refractivity contribution >= 4 is 11.6 Å². The van der Waals surface area contributed by atoms with Crippen molar-refractivity contribution in [3.63, 3.8) is 0 Å². The van der Waals surface area contributed by atoms with Gasteiger partial charge in [0.2, 0.25) is 0 Å². The van der Waals surface area contributed by atoms with Crippen molar-refractivity contribution in [2.45, 2.75) is 0 Å². The van der Waals surface area contributed by atoms with Gasteiger partial charge < -0.3 is 5.11 Å². The number of aromatic amines is 1. The van der Waals surface area contributed by atoms with Gasteiger partial charge in [-0.15, -0.1) is 0 Å². The zero-order valence-corrected chi connectivity index (χ0v) is 11.4. The van der Waals surface area contributed by atoms with Crippen LogP contribution in [-0.4, -0.2) is 14.9 Å². The van der Waals surface area contributed by atoms with Gasteiger partial charge in [0, 0.05) is 11.1 Å². The van der Waals surface area contributed by atoms with Gasteiger partial charge in [-0.2, -0.15) is 0 Å². The molecule has 0 saturated carbocycles. The molecule has 0 radical (unpaired) electrons. The van der Waals surface area contributed by atoms with Gasteiger partial charge in [-0.3, -0.25) is 9.89 Å². The molecule has 0 aliphatic carbocycles. The van der Waals surface area contributed by atoms with E-state index >= 15 is 0 Å². The molecule has 0 spiro atoms. The number of phenolic OH excluding ortho intramolecular Hbond substituents is 1. The standard InChI is InChI=1S/C15H10ClFN2O2/c16-10-5-11(17)7-12(6-10)19-15(21)8-14(18-19)9-1-3-13(20)4-2-9/h1-8,18,20H. The SMILES string of the molecule is O=c1cc(-c2ccc(O)cc2)[nH]n1-c1cc(F)cc(Cl)c1. The average Bonchev–Trinajstić information content (AvgIpc) is 2.80. The number of hydrogen-bond acceptors (Lipinski definition) is 2. The summed E-state index contributed by atoms with van der Waals surface area (Å²) < 4.78 is 14.6. The number of rotatable bonds is 2. The Balaban J connectivity index is 2.09. The molecule has 1 heterocycles. The predicted octanol–water partition coefficient (Wildman–Crippen LogP) is 3.33. The van der Waals surface area contributed by atoms with Crippen LogP contribution in [0.5, 0.6) is 5.75 Å². The summed E-state index contributed by atoms with van der Waals surface area (Å²) in [5.74, 6) is -0.386. The maximum atomic E-state index is 13.4. The van der Waals surface area contributed by atoms with Gasteiger partial charge in [-0.05, 0) is 48.0 Å². The smallest absolute Gasteiger partial charge is 0.271 e. The third kappa shape index (κ3) is 2.68. The lowest BCUT2D eigenvalue weighted by Gasteiger charge is -2.03. The minimum atomic E-state index is -0.523. The lowest BCUT2D eigenvalue weighted by molar-refractivity contribution is 0.475. The molecule has 2 aromatic carbocycles. The lowest BCUT2D eigenvalue weighted by Crippen LogP contribution is -2.13. The Bertz CT molecular complexity index is 833. The number of phenols is 1. The number of nitrogens with zero attached hydrogens (tertiary/aromatic N) is 1. The van der Waals surface area contributed by atoms with Crippen LogP contribution in [-0.2, 0) is 0 Å². The Kier molecular flexibility index (Phi) is 3.27. The highest BCUT2D eigenvalue weighted by molar-refractivity contribution is 6.30. The second-order valence-corrected chi connectivity index (χ2v) is 4.95. The van der Waals surface area contributed by atoms with Crippen LogP contribution < -0.4 is 5.56 Å². The second kappa shape index (κ2) is 5.10. The Morgan fingerprint density at radius 1 is 1.10 bits per heavy atom. The van der Waals surface area contributed by atoms with Crippen molar-refractivity contribution < 1.29 is 9.50 Å². The molecule has 0 aliphatic rings. The van der Waals surface area contributed by atoms with Crippen molar-refractivity contribution in [1.29, 1.82) is 0 Å². The number of H-pyrrole nitrogens is 1. The molecule has 0 aliphatic heterocycles. The first-order chi connectivity index (χ1) is 10.0. The van der Waals surface area contributed by atoms with E-state index in [1.54, 1.807) is 12.1 Å². The number of benzene rings is 2. The monoisotopic (exact) mass is 304 g/mol. The highest BCUT2D eigenvalue weighted by atomic mass is 35.5. The van der Waals surface area contributed by atoms with E-state index in [2.05, 4.69) is 5.10 Å². The molecule has 3 rings (SSSR count). The maximum Gasteiger partial charge on any atom is 0.271 e. The van der Waals surface area contributed by atoms with Crippen LogP contribution in [0.1, 0.15) is 0 Å². The van der Waals surface area contributed by atoms with Crippen molar-refractivity contribution in [1.82, 2.24) is 9.78 Å². The van der Waals surface area contributed by atoms with E-state index in [0.717, 1.165) is 5.56 Å². The van der Waals surface area contributed by atoms with Crippen LogP contribution >= 0.6 is 11.6 Å². The second-order valence-electron chi connectivity index (χ2n) is 4.52. The molecule has 0 atom stereocenters. The number of aromatic hydroxyl groups is 1. The van der Waals surface area contributed by atoms with Gasteiger partial charge in [0.15, 0.2) is 0 Å². The molecule has 106 valence electrons. The largest absolute Gasteiger partial charge is 0.508 e. The van der Waals surface area contributed by atoms with E-state index < -0.39 is 5.82 Å². The molecule has 0 saturated heterocycles. The minimum Gasteiger partial charge on any atom is -0.508 e. The van der Waals surface area contributed by atoms with Crippen molar-refractivity contribution in [2.75, 3.05) is 0 Å². The Morgan fingerprint density at radius 3 is 2.48 bits per heavy atom. The molecular formula is C15H10ClFN2O2. The lowest BCUT2D eigenvalue weighted by atomic mass is 10.1. The first-order valence-electron chi connectivity index (χ1n) is 6.11. The van der Waals surface area contributed by atoms with Crippen LogP contribution in [0, 0.1) is 5.82 Å². The predicted molar refractivity (Wildman–Crippen MR) is 78.5 cm³/mol. The molecule has 0 bridgehead atoms. The normalized spacial score (nSPS) is 10.8. The summed E-state index contributed by atoms with van der Waals surface area (Å²) in [6.07, 6.45) is 0. The summed E-state index contributed by atoms with van der Waals surface area (Å²) in [6.45, 7) is 0. The molecule has 21 heavy (non-hydrogen) atoms. The summed E-state index contributed by atoms with van der Waals surface area (Å²) in [7, 11) is 0. The Labute approximate surface area is 124 Å². The molecule has 2 N–H and O–H groups in total. The van der Waals surface area contributed by atoms with Gasteiger partial charge in [-0.25, -0.2) is 9.07 Å². The van der Waals surface area contributed by atoms with Crippen molar-refractivity contribution in [3.05, 3.63) is 69.7 Å². The van der Waals surface area contributed by atoms with Crippen LogP contribution in [0.2, 0.25) is 5.02 Å². The van der Waals surface area contributed by atoms with E-state index in [0.29, 0.717) is 11.4 Å². The van der Waals surface area contributed by atoms with E-state index in [1.165, 1.54) is 41.1 Å². The summed E-state index contributed by atoms with van der Waals surface area (Å²) in [4.78, 5) is 12.0. The first-order valence-corrected chi connectivity index (χ1v) is 6.49. The summed E-state index contributed by atoms with van der Waals surface area (Å²) in [5.41, 5.74) is 1.27. The molecule has 3 aromatic rings. The van der Waals surface area contributed by atoms with E-state index in [-0.39, 0.29) is 16.3 Å². The quantitative estimate of drug-likeness (QED) is 0.763. The molecular weight excluding hydrogens is 295 g/mol. The molecule has 6 heteroatoms. The fourth-order valence-electron chi connectivity index (χ4n) is 2.04. The zero-order chi connectivity index (χ0) is 15.0. The van der Waals surface area contributed by atoms with Gasteiger partial charge in [0.1, 0.15) is 11.6 Å². The number of hydrogen-bond donors (Lipinski definition) is 2. The summed E-state index contributed by atoms with van der Waals surface area (Å²) in [5, 5.41) is 12.4. The topological polar surface area (TPSA) is 58.0 Å². The minimum absolute atomic E-state index is 0.137. The Hall–Kier alpha value is -2.53. The fraction of sp³-hybridized carbons (Fsp3) is 0. The average molecular weight is 305 g/mol. The highest BCUT2D eigenvalue weighted by Gasteiger charge is 2.09. The molecule has 0 unspecified atom stereocenters. The van der Waals surface area contributed by atoms with Crippen LogP contribution in [0.4, 0.5) is 4.39 Å². The third-order valence-corrected chi connectivity index (χ3v) is 3.22. The van der Waals surface area contributed by atoms with E-state index in [9.17, 15) is 14.3 Å². The van der Waals surface area contributed by atoms with E-state index in [1.807, 2.05) is 0 Å². The Morgan fingerprint density at radius 2 is 1.81 bits per heavy atom. The van der Waals surface area contributed by atoms with Crippen LogP contribution in [0.3, 0.4) is 0 Å². The van der Waals surface area contributed by atoms with E-state index in [4.69, 9.17) is 11.6 Å². The molecule has 1 aromatic heterocycles. The third-order valence-electron chi connectivity index (χ3n) is 3.00. The number of nitrogens with one attached hydrogen (secondary N) is 1. The van der Waals surface area contributed by atoms with Gasteiger partial charge >= 0.3 is 0 Å². The number of aromatic nitrogens is 2. The van der Waals surface area contributed by atoms with Crippen LogP contribution in [0.15, 0.2) is 53.3 Å². The highest BCUT2D eigenvalue weighted by Crippen LogP contribution is 2.21. The molecule has 4 nitrogen and oxygen atoms in total. The summed E-state index contributed by atoms with van der Waals surface area (Å²) in [6, 6.07) is 11.6. The summed E-state index contributed by atoms with van der Waals surface area (Å²) >= 11 is 5.80. The molecule has 0 fully saturated rings. The van der Waals surface area contributed by atoms with Gasteiger partial charge in [-0.1, -0.05) is 11.6 Å².